The Balaban J connectivity index is 1.82. The zero-order valence-corrected chi connectivity index (χ0v) is 12.5. The van der Waals surface area contributed by atoms with Crippen LogP contribution in [0.15, 0.2) is 18.3 Å². The molecule has 1 aliphatic rings. The molecular formula is C14H17F3N2O3. The predicted molar refractivity (Wildman–Crippen MR) is 71.5 cm³/mol. The lowest BCUT2D eigenvalue weighted by molar-refractivity contribution is -0.141. The largest absolute Gasteiger partial charge is 0.485 e. The van der Waals surface area contributed by atoms with Crippen molar-refractivity contribution in [3.8, 4) is 5.75 Å². The summed E-state index contributed by atoms with van der Waals surface area (Å²) in [5.41, 5.74) is -1.54. The molecule has 2 heterocycles. The van der Waals surface area contributed by atoms with Crippen molar-refractivity contribution in [1.29, 1.82) is 0 Å². The minimum absolute atomic E-state index is 0.238. The van der Waals surface area contributed by atoms with E-state index in [-0.39, 0.29) is 11.9 Å². The number of nitrogens with zero attached hydrogens (tertiary/aromatic N) is 2. The van der Waals surface area contributed by atoms with E-state index in [2.05, 4.69) is 4.98 Å². The van der Waals surface area contributed by atoms with Gasteiger partial charge in [0.05, 0.1) is 19.3 Å². The van der Waals surface area contributed by atoms with Crippen LogP contribution in [0.2, 0.25) is 0 Å². The second kappa shape index (κ2) is 5.66. The number of likely N-dealkylation sites (tertiary alicyclic amines) is 1. The number of hydrogen-bond donors (Lipinski definition) is 0. The van der Waals surface area contributed by atoms with Crippen molar-refractivity contribution in [3.63, 3.8) is 0 Å². The molecule has 0 bridgehead atoms. The zero-order valence-electron chi connectivity index (χ0n) is 12.5. The number of ether oxygens (including phenoxy) is 2. The van der Waals surface area contributed by atoms with Gasteiger partial charge >= 0.3 is 12.3 Å². The van der Waals surface area contributed by atoms with Gasteiger partial charge in [0.2, 0.25) is 0 Å². The van der Waals surface area contributed by atoms with Gasteiger partial charge in [-0.2, -0.15) is 13.2 Å². The number of alkyl halides is 3. The Morgan fingerprint density at radius 1 is 1.27 bits per heavy atom. The summed E-state index contributed by atoms with van der Waals surface area (Å²) < 4.78 is 47.8. The molecular weight excluding hydrogens is 301 g/mol. The lowest BCUT2D eigenvalue weighted by Crippen LogP contribution is -2.57. The molecule has 0 saturated carbocycles. The fourth-order valence-electron chi connectivity index (χ4n) is 1.80. The molecule has 0 atom stereocenters. The first-order valence-corrected chi connectivity index (χ1v) is 6.72. The van der Waals surface area contributed by atoms with Crippen molar-refractivity contribution >= 4 is 6.09 Å². The van der Waals surface area contributed by atoms with Gasteiger partial charge in [-0.3, -0.25) is 0 Å². The highest BCUT2D eigenvalue weighted by molar-refractivity contribution is 5.69. The number of pyridine rings is 1. The van der Waals surface area contributed by atoms with Crippen molar-refractivity contribution < 1.29 is 27.4 Å². The normalized spacial score (nSPS) is 16.2. The second-order valence-electron chi connectivity index (χ2n) is 6.00. The number of rotatable bonds is 2. The van der Waals surface area contributed by atoms with Gasteiger partial charge in [0.15, 0.2) is 0 Å². The molecule has 5 nitrogen and oxygen atoms in total. The van der Waals surface area contributed by atoms with E-state index >= 15 is 0 Å². The average Bonchev–Trinajstić information content (AvgIpc) is 2.30. The van der Waals surface area contributed by atoms with Crippen LogP contribution < -0.4 is 4.74 Å². The first-order valence-electron chi connectivity index (χ1n) is 6.72. The molecule has 0 radical (unpaired) electrons. The average molecular weight is 318 g/mol. The molecule has 1 aliphatic heterocycles. The lowest BCUT2D eigenvalue weighted by atomic mass is 10.1. The van der Waals surface area contributed by atoms with E-state index in [0.717, 1.165) is 12.3 Å². The van der Waals surface area contributed by atoms with Crippen LogP contribution in [0.3, 0.4) is 0 Å². The smallest absolute Gasteiger partial charge is 0.433 e. The number of carbonyl (C=O) groups excluding carboxylic acids is 1. The third-order valence-electron chi connectivity index (χ3n) is 2.83. The third-order valence-corrected chi connectivity index (χ3v) is 2.83. The number of amides is 1. The van der Waals surface area contributed by atoms with Gasteiger partial charge in [-0.15, -0.1) is 0 Å². The maximum Gasteiger partial charge on any atom is 0.433 e. The highest BCUT2D eigenvalue weighted by Gasteiger charge is 2.36. The van der Waals surface area contributed by atoms with Gasteiger partial charge in [0, 0.05) is 0 Å². The van der Waals surface area contributed by atoms with Gasteiger partial charge in [-0.05, 0) is 32.9 Å². The van der Waals surface area contributed by atoms with Crippen molar-refractivity contribution in [1.82, 2.24) is 9.88 Å². The summed E-state index contributed by atoms with van der Waals surface area (Å²) in [6.45, 7) is 5.97. The number of carbonyl (C=O) groups is 1. The molecule has 8 heteroatoms. The topological polar surface area (TPSA) is 51.7 Å². The summed E-state index contributed by atoms with van der Waals surface area (Å²) in [6.07, 6.45) is -4.15. The Bertz CT molecular complexity index is 532. The minimum atomic E-state index is -4.47. The Morgan fingerprint density at radius 3 is 2.36 bits per heavy atom. The summed E-state index contributed by atoms with van der Waals surface area (Å²) in [6, 6.07) is 2.07. The summed E-state index contributed by atoms with van der Waals surface area (Å²) >= 11 is 0. The van der Waals surface area contributed by atoms with Gasteiger partial charge in [-0.1, -0.05) is 0 Å². The van der Waals surface area contributed by atoms with E-state index in [1.807, 2.05) is 0 Å². The van der Waals surface area contributed by atoms with Crippen LogP contribution in [0.1, 0.15) is 26.5 Å². The first-order chi connectivity index (χ1) is 10.0. The van der Waals surface area contributed by atoms with Crippen molar-refractivity contribution in [3.05, 3.63) is 24.0 Å². The van der Waals surface area contributed by atoms with Gasteiger partial charge < -0.3 is 14.4 Å². The number of halogens is 3. The molecule has 0 spiro atoms. The van der Waals surface area contributed by atoms with E-state index in [0.29, 0.717) is 13.1 Å². The number of aromatic nitrogens is 1. The molecule has 1 aromatic heterocycles. The molecule has 1 fully saturated rings. The number of hydrogen-bond acceptors (Lipinski definition) is 4. The van der Waals surface area contributed by atoms with Gasteiger partial charge in [0.1, 0.15) is 23.1 Å². The molecule has 0 aliphatic carbocycles. The van der Waals surface area contributed by atoms with Gasteiger partial charge in [0.25, 0.3) is 0 Å². The second-order valence-corrected chi connectivity index (χ2v) is 6.00. The van der Waals surface area contributed by atoms with Crippen LogP contribution in [0, 0.1) is 0 Å². The van der Waals surface area contributed by atoms with Crippen LogP contribution in [0.25, 0.3) is 0 Å². The lowest BCUT2D eigenvalue weighted by Gasteiger charge is -2.39. The molecule has 1 saturated heterocycles. The maximum atomic E-state index is 12.4. The monoisotopic (exact) mass is 318 g/mol. The van der Waals surface area contributed by atoms with Crippen LogP contribution >= 0.6 is 0 Å². The van der Waals surface area contributed by atoms with Gasteiger partial charge in [-0.25, -0.2) is 9.78 Å². The minimum Gasteiger partial charge on any atom is -0.485 e. The summed E-state index contributed by atoms with van der Waals surface area (Å²) in [5, 5.41) is 0. The quantitative estimate of drug-likeness (QED) is 0.841. The molecule has 0 unspecified atom stereocenters. The van der Waals surface area contributed by atoms with Crippen molar-refractivity contribution in [2.45, 2.75) is 38.7 Å². The molecule has 0 aromatic carbocycles. The van der Waals surface area contributed by atoms with Crippen LogP contribution in [-0.4, -0.2) is 40.8 Å². The summed E-state index contributed by atoms with van der Waals surface area (Å²) in [5.74, 6) is 0.238. The summed E-state index contributed by atoms with van der Waals surface area (Å²) in [4.78, 5) is 16.5. The van der Waals surface area contributed by atoms with E-state index < -0.39 is 23.6 Å². The maximum absolute atomic E-state index is 12.4. The van der Waals surface area contributed by atoms with Crippen LogP contribution in [0.5, 0.6) is 5.75 Å². The molecule has 1 amide bonds. The molecule has 22 heavy (non-hydrogen) atoms. The summed E-state index contributed by atoms with van der Waals surface area (Å²) in [7, 11) is 0. The molecule has 0 N–H and O–H groups in total. The Labute approximate surface area is 126 Å². The van der Waals surface area contributed by atoms with E-state index in [9.17, 15) is 18.0 Å². The Hall–Kier alpha value is -1.99. The van der Waals surface area contributed by atoms with Crippen molar-refractivity contribution in [2.75, 3.05) is 13.1 Å². The van der Waals surface area contributed by atoms with E-state index in [4.69, 9.17) is 9.47 Å². The fraction of sp³-hybridized carbons (Fsp3) is 0.571. The predicted octanol–water partition coefficient (Wildman–Crippen LogP) is 3.10. The molecule has 1 aromatic rings. The van der Waals surface area contributed by atoms with Crippen LogP contribution in [0.4, 0.5) is 18.0 Å². The third kappa shape index (κ3) is 4.25. The van der Waals surface area contributed by atoms with Crippen LogP contribution in [-0.2, 0) is 10.9 Å². The van der Waals surface area contributed by atoms with E-state index in [1.54, 1.807) is 20.8 Å². The highest BCUT2D eigenvalue weighted by atomic mass is 19.4. The molecule has 122 valence electrons. The zero-order chi connectivity index (χ0) is 16.5. The SMILES string of the molecule is CC(C)(C)OC(=O)N1CC(Oc2ccc(C(F)(F)F)nc2)C1. The Morgan fingerprint density at radius 2 is 1.91 bits per heavy atom. The molecule has 2 rings (SSSR count). The first kappa shape index (κ1) is 16.4. The highest BCUT2D eigenvalue weighted by Crippen LogP contribution is 2.28. The van der Waals surface area contributed by atoms with E-state index in [1.165, 1.54) is 11.0 Å². The standard InChI is InChI=1S/C14H17F3N2O3/c1-13(2,3)22-12(20)19-7-10(8-19)21-9-4-5-11(18-6-9)14(15,16)17/h4-6,10H,7-8H2,1-3H3. The van der Waals surface area contributed by atoms with Crippen molar-refractivity contribution in [2.24, 2.45) is 0 Å². The fourth-order valence-corrected chi connectivity index (χ4v) is 1.80. The Kier molecular flexibility index (Phi) is 4.21.